The highest BCUT2D eigenvalue weighted by Crippen LogP contribution is 2.36. The molecular weight excluding hydrogens is 394 g/mol. The number of amides is 4. The van der Waals surface area contributed by atoms with Crippen LogP contribution in [-0.2, 0) is 19.2 Å². The predicted molar refractivity (Wildman–Crippen MR) is 108 cm³/mol. The van der Waals surface area contributed by atoms with Gasteiger partial charge in [0.2, 0.25) is 23.6 Å². The van der Waals surface area contributed by atoms with Crippen molar-refractivity contribution in [1.82, 2.24) is 4.90 Å². The average Bonchev–Trinajstić information content (AvgIpc) is 3.23. The van der Waals surface area contributed by atoms with Gasteiger partial charge in [0, 0.05) is 18.7 Å². The van der Waals surface area contributed by atoms with Gasteiger partial charge in [-0.25, -0.2) is 0 Å². The Morgan fingerprint density at radius 3 is 2.34 bits per heavy atom. The van der Waals surface area contributed by atoms with E-state index in [9.17, 15) is 19.2 Å². The second kappa shape index (κ2) is 7.63. The molecule has 0 saturated carbocycles. The van der Waals surface area contributed by atoms with Gasteiger partial charge in [-0.1, -0.05) is 23.8 Å². The number of halogens is 1. The molecule has 8 heteroatoms. The maximum atomic E-state index is 12.7. The summed E-state index contributed by atoms with van der Waals surface area (Å²) < 4.78 is 0. The molecule has 1 N–H and O–H groups in total. The van der Waals surface area contributed by atoms with Crippen LogP contribution in [0.1, 0.15) is 32.6 Å². The lowest BCUT2D eigenvalue weighted by molar-refractivity contribution is -0.146. The lowest BCUT2D eigenvalue weighted by Crippen LogP contribution is -2.46. The summed E-state index contributed by atoms with van der Waals surface area (Å²) in [5.41, 5.74) is 1.06. The highest BCUT2D eigenvalue weighted by Gasteiger charge is 2.50. The van der Waals surface area contributed by atoms with E-state index < -0.39 is 11.9 Å². The number of nitrogens with one attached hydrogen (secondary N) is 1. The Balaban J connectivity index is 1.46. The topological polar surface area (TPSA) is 86.8 Å². The third-order valence-electron chi connectivity index (χ3n) is 5.89. The van der Waals surface area contributed by atoms with Gasteiger partial charge in [0.05, 0.1) is 22.5 Å². The van der Waals surface area contributed by atoms with Crippen LogP contribution in [0.4, 0.5) is 11.4 Å². The highest BCUT2D eigenvalue weighted by atomic mass is 35.5. The molecule has 29 heavy (non-hydrogen) atoms. The van der Waals surface area contributed by atoms with Crippen LogP contribution in [0.25, 0.3) is 0 Å². The molecule has 0 radical (unpaired) electrons. The molecule has 0 bridgehead atoms. The van der Waals surface area contributed by atoms with Crippen molar-refractivity contribution in [3.63, 3.8) is 0 Å². The smallest absolute Gasteiger partial charge is 0.247 e. The van der Waals surface area contributed by atoms with E-state index in [1.54, 1.807) is 30.0 Å². The number of benzene rings is 1. The van der Waals surface area contributed by atoms with Crippen LogP contribution in [0.2, 0.25) is 5.02 Å². The van der Waals surface area contributed by atoms with Crippen LogP contribution in [0.15, 0.2) is 30.4 Å². The van der Waals surface area contributed by atoms with Crippen molar-refractivity contribution in [1.29, 1.82) is 0 Å². The zero-order valence-corrected chi connectivity index (χ0v) is 16.8. The molecule has 2 aliphatic heterocycles. The Morgan fingerprint density at radius 2 is 1.79 bits per heavy atom. The van der Waals surface area contributed by atoms with Gasteiger partial charge < -0.3 is 10.2 Å². The first kappa shape index (κ1) is 19.6. The van der Waals surface area contributed by atoms with Gasteiger partial charge >= 0.3 is 0 Å². The number of carbonyl (C=O) groups is 4. The minimum Gasteiger partial charge on any atom is -0.324 e. The number of fused-ring (bicyclic) bond motifs is 1. The molecule has 1 aliphatic carbocycles. The first-order valence-corrected chi connectivity index (χ1v) is 10.2. The van der Waals surface area contributed by atoms with Crippen LogP contribution in [-0.4, -0.2) is 41.1 Å². The number of likely N-dealkylation sites (tertiary alicyclic amines) is 1. The molecule has 2 fully saturated rings. The fourth-order valence-electron chi connectivity index (χ4n) is 4.28. The standard InChI is InChI=1S/C21H22ClN3O4/c1-12(25-20(28)14-5-2-3-6-15(14)21(25)29)19(27)23-13-8-9-17(16(22)11-13)24-10-4-7-18(24)26/h2-3,8-9,11-12,14-15H,4-7,10H2,1H3,(H,23,27). The zero-order valence-electron chi connectivity index (χ0n) is 16.1. The molecule has 4 rings (SSSR count). The van der Waals surface area contributed by atoms with Crippen LogP contribution in [0.3, 0.4) is 0 Å². The number of hydrogen-bond acceptors (Lipinski definition) is 4. The number of imide groups is 1. The number of rotatable bonds is 4. The largest absolute Gasteiger partial charge is 0.324 e. The number of hydrogen-bond donors (Lipinski definition) is 1. The van der Waals surface area contributed by atoms with Gasteiger partial charge in [0.25, 0.3) is 0 Å². The summed E-state index contributed by atoms with van der Waals surface area (Å²) in [7, 11) is 0. The summed E-state index contributed by atoms with van der Waals surface area (Å²) in [6.45, 7) is 2.17. The third kappa shape index (κ3) is 3.44. The van der Waals surface area contributed by atoms with E-state index >= 15 is 0 Å². The maximum absolute atomic E-state index is 12.7. The highest BCUT2D eigenvalue weighted by molar-refractivity contribution is 6.34. The molecule has 2 saturated heterocycles. The second-order valence-electron chi connectivity index (χ2n) is 7.68. The van der Waals surface area contributed by atoms with Gasteiger partial charge in [0.1, 0.15) is 6.04 Å². The van der Waals surface area contributed by atoms with E-state index in [0.29, 0.717) is 42.2 Å². The zero-order chi connectivity index (χ0) is 20.7. The number of carbonyl (C=O) groups excluding carboxylic acids is 4. The lowest BCUT2D eigenvalue weighted by Gasteiger charge is -2.23. The molecule has 3 aliphatic rings. The third-order valence-corrected chi connectivity index (χ3v) is 6.19. The summed E-state index contributed by atoms with van der Waals surface area (Å²) in [5, 5.41) is 3.08. The molecule has 7 nitrogen and oxygen atoms in total. The Labute approximate surface area is 173 Å². The molecule has 1 aromatic rings. The van der Waals surface area contributed by atoms with Crippen LogP contribution >= 0.6 is 11.6 Å². The second-order valence-corrected chi connectivity index (χ2v) is 8.09. The predicted octanol–water partition coefficient (Wildman–Crippen LogP) is 2.75. The van der Waals surface area contributed by atoms with Crippen molar-refractivity contribution in [3.8, 4) is 0 Å². The van der Waals surface area contributed by atoms with Crippen molar-refractivity contribution < 1.29 is 19.2 Å². The molecule has 3 atom stereocenters. The van der Waals surface area contributed by atoms with Gasteiger partial charge in [-0.2, -0.15) is 0 Å². The first-order chi connectivity index (χ1) is 13.9. The van der Waals surface area contributed by atoms with Crippen molar-refractivity contribution in [2.75, 3.05) is 16.8 Å². The maximum Gasteiger partial charge on any atom is 0.247 e. The van der Waals surface area contributed by atoms with Gasteiger partial charge in [-0.15, -0.1) is 0 Å². The van der Waals surface area contributed by atoms with E-state index in [4.69, 9.17) is 11.6 Å². The molecule has 4 amide bonds. The summed E-state index contributed by atoms with van der Waals surface area (Å²) in [5.74, 6) is -1.73. The normalized spacial score (nSPS) is 24.8. The summed E-state index contributed by atoms with van der Waals surface area (Å²) in [6, 6.07) is 4.01. The van der Waals surface area contributed by atoms with Gasteiger partial charge in [-0.3, -0.25) is 24.1 Å². The number of allylic oxidation sites excluding steroid dienone is 2. The average molecular weight is 416 g/mol. The van der Waals surface area contributed by atoms with Crippen molar-refractivity contribution in [2.24, 2.45) is 11.8 Å². The quantitative estimate of drug-likeness (QED) is 0.605. The van der Waals surface area contributed by atoms with Crippen molar-refractivity contribution >= 4 is 46.6 Å². The SMILES string of the molecule is CC(C(=O)Nc1ccc(N2CCCC2=O)c(Cl)c1)N1C(=O)C2CC=CCC2C1=O. The molecule has 3 unspecified atom stereocenters. The molecule has 2 heterocycles. The fraction of sp³-hybridized carbons (Fsp3) is 0.429. The Morgan fingerprint density at radius 1 is 1.14 bits per heavy atom. The fourth-order valence-corrected chi connectivity index (χ4v) is 4.56. The molecule has 1 aromatic carbocycles. The van der Waals surface area contributed by atoms with Crippen molar-refractivity contribution in [3.05, 3.63) is 35.4 Å². The number of nitrogens with zero attached hydrogens (tertiary/aromatic N) is 2. The summed E-state index contributed by atoms with van der Waals surface area (Å²) >= 11 is 6.32. The minimum absolute atomic E-state index is 0.0272. The van der Waals surface area contributed by atoms with E-state index in [2.05, 4.69) is 5.32 Å². The van der Waals surface area contributed by atoms with E-state index in [1.807, 2.05) is 12.2 Å². The molecule has 152 valence electrons. The lowest BCUT2D eigenvalue weighted by atomic mass is 9.85. The Bertz CT molecular complexity index is 903. The van der Waals surface area contributed by atoms with Crippen LogP contribution in [0, 0.1) is 11.8 Å². The summed E-state index contributed by atoms with van der Waals surface area (Å²) in [6.07, 6.45) is 6.19. The first-order valence-electron chi connectivity index (χ1n) is 9.81. The van der Waals surface area contributed by atoms with Crippen LogP contribution < -0.4 is 10.2 Å². The molecular formula is C21H22ClN3O4. The van der Waals surface area contributed by atoms with Gasteiger partial charge in [-0.05, 0) is 44.4 Å². The molecule has 0 spiro atoms. The van der Waals surface area contributed by atoms with Gasteiger partial charge in [0.15, 0.2) is 0 Å². The monoisotopic (exact) mass is 415 g/mol. The Hall–Kier alpha value is -2.67. The van der Waals surface area contributed by atoms with Crippen molar-refractivity contribution in [2.45, 2.75) is 38.6 Å². The van der Waals surface area contributed by atoms with Crippen LogP contribution in [0.5, 0.6) is 0 Å². The Kier molecular flexibility index (Phi) is 5.17. The van der Waals surface area contributed by atoms with E-state index in [1.165, 1.54) is 0 Å². The number of anilines is 2. The minimum atomic E-state index is -0.917. The summed E-state index contributed by atoms with van der Waals surface area (Å²) in [4.78, 5) is 52.7. The molecule has 0 aromatic heterocycles. The van der Waals surface area contributed by atoms with E-state index in [0.717, 1.165) is 11.3 Å². The van der Waals surface area contributed by atoms with E-state index in [-0.39, 0.29) is 29.6 Å².